The quantitative estimate of drug-likeness (QED) is 0.225. The fraction of sp³-hybridized carbons (Fsp3) is 0.654. The summed E-state index contributed by atoms with van der Waals surface area (Å²) in [6.07, 6.45) is -3.00. The van der Waals surface area contributed by atoms with Crippen molar-refractivity contribution in [2.45, 2.75) is 70.3 Å². The van der Waals surface area contributed by atoms with Crippen LogP contribution in [0.5, 0.6) is 0 Å². The molecular formula is C26H36N8O6. The second-order valence-corrected chi connectivity index (χ2v) is 11.4. The second kappa shape index (κ2) is 10.8. The molecule has 0 aromatic carbocycles. The fourth-order valence-electron chi connectivity index (χ4n) is 5.33. The number of amides is 2. The van der Waals surface area contributed by atoms with Crippen molar-refractivity contribution in [3.8, 4) is 11.8 Å². The molecule has 2 aromatic rings. The summed E-state index contributed by atoms with van der Waals surface area (Å²) in [5.74, 6) is 6.59. The van der Waals surface area contributed by atoms with E-state index in [0.717, 1.165) is 13.0 Å². The van der Waals surface area contributed by atoms with Crippen LogP contribution < -0.4 is 16.4 Å². The lowest BCUT2D eigenvalue weighted by atomic mass is 10.1. The van der Waals surface area contributed by atoms with E-state index in [1.54, 1.807) is 6.92 Å². The van der Waals surface area contributed by atoms with Crippen molar-refractivity contribution >= 4 is 29.0 Å². The smallest absolute Gasteiger partial charge is 0.410 e. The minimum atomic E-state index is -1.43. The third-order valence-corrected chi connectivity index (χ3v) is 7.27. The lowest BCUT2D eigenvalue weighted by molar-refractivity contribution is -0.137. The number of nitrogens with one attached hydrogen (secondary N) is 2. The van der Waals surface area contributed by atoms with Gasteiger partial charge in [-0.3, -0.25) is 9.36 Å². The van der Waals surface area contributed by atoms with Crippen LogP contribution in [0, 0.1) is 23.7 Å². The number of carbonyl (C=O) groups excluding carboxylic acids is 2. The topological polar surface area (TPSA) is 190 Å². The van der Waals surface area contributed by atoms with Crippen molar-refractivity contribution in [3.63, 3.8) is 0 Å². The van der Waals surface area contributed by atoms with Crippen LogP contribution in [0.15, 0.2) is 6.33 Å². The van der Waals surface area contributed by atoms with Gasteiger partial charge in [0.1, 0.15) is 23.3 Å². The summed E-state index contributed by atoms with van der Waals surface area (Å²) in [7, 11) is 0. The van der Waals surface area contributed by atoms with Crippen molar-refractivity contribution in [3.05, 3.63) is 12.2 Å². The number of aromatic nitrogens is 4. The number of fused-ring (bicyclic) bond motifs is 2. The highest BCUT2D eigenvalue weighted by Crippen LogP contribution is 2.49. The Morgan fingerprint density at radius 1 is 1.27 bits per heavy atom. The Morgan fingerprint density at radius 2 is 2.05 bits per heavy atom. The van der Waals surface area contributed by atoms with Crippen LogP contribution >= 0.6 is 0 Å². The summed E-state index contributed by atoms with van der Waals surface area (Å²) >= 11 is 0. The summed E-state index contributed by atoms with van der Waals surface area (Å²) in [6, 6.07) is 0.0654. The van der Waals surface area contributed by atoms with Gasteiger partial charge in [-0.05, 0) is 51.9 Å². The highest BCUT2D eigenvalue weighted by molar-refractivity contribution is 5.83. The van der Waals surface area contributed by atoms with Crippen molar-refractivity contribution < 1.29 is 29.3 Å². The van der Waals surface area contributed by atoms with E-state index in [2.05, 4.69) is 37.4 Å². The molecule has 14 nitrogen and oxygen atoms in total. The van der Waals surface area contributed by atoms with Crippen LogP contribution in [-0.2, 0) is 14.3 Å². The van der Waals surface area contributed by atoms with Crippen molar-refractivity contribution in [2.24, 2.45) is 11.8 Å². The minimum Gasteiger partial charge on any atom is -0.444 e. The number of ether oxygens (including phenoxy) is 2. The Morgan fingerprint density at radius 3 is 2.77 bits per heavy atom. The molecule has 14 heteroatoms. The van der Waals surface area contributed by atoms with E-state index in [1.165, 1.54) is 10.9 Å². The average Bonchev–Trinajstić information content (AvgIpc) is 3.20. The molecule has 2 aromatic heterocycles. The van der Waals surface area contributed by atoms with Crippen LogP contribution in [0.1, 0.15) is 46.2 Å². The first kappa shape index (κ1) is 28.0. The minimum absolute atomic E-state index is 0.0654. The largest absolute Gasteiger partial charge is 0.444 e. The molecule has 1 saturated carbocycles. The third-order valence-electron chi connectivity index (χ3n) is 7.27. The van der Waals surface area contributed by atoms with Gasteiger partial charge in [0.15, 0.2) is 23.8 Å². The van der Waals surface area contributed by atoms with Gasteiger partial charge in [0.25, 0.3) is 5.91 Å². The van der Waals surface area contributed by atoms with Crippen LogP contribution in [0.3, 0.4) is 0 Å². The van der Waals surface area contributed by atoms with Gasteiger partial charge in [0, 0.05) is 19.6 Å². The van der Waals surface area contributed by atoms with Crippen LogP contribution in [0.25, 0.3) is 11.2 Å². The van der Waals surface area contributed by atoms with E-state index in [9.17, 15) is 19.8 Å². The molecule has 2 saturated heterocycles. The molecule has 6 N–H and O–H groups in total. The number of anilines is 1. The molecule has 40 heavy (non-hydrogen) atoms. The van der Waals surface area contributed by atoms with E-state index in [0.29, 0.717) is 31.5 Å². The molecule has 0 spiro atoms. The summed E-state index contributed by atoms with van der Waals surface area (Å²) in [5, 5.41) is 26.8. The molecule has 7 atom stereocenters. The zero-order chi connectivity index (χ0) is 28.8. The summed E-state index contributed by atoms with van der Waals surface area (Å²) in [4.78, 5) is 39.5. The highest BCUT2D eigenvalue weighted by atomic mass is 16.6. The molecule has 0 radical (unpaired) electrons. The second-order valence-electron chi connectivity index (χ2n) is 11.4. The maximum Gasteiger partial charge on any atom is 0.410 e. The number of rotatable bonds is 6. The van der Waals surface area contributed by atoms with Crippen LogP contribution in [0.4, 0.5) is 10.6 Å². The molecule has 0 bridgehead atoms. The van der Waals surface area contributed by atoms with Gasteiger partial charge >= 0.3 is 6.09 Å². The van der Waals surface area contributed by atoms with Gasteiger partial charge in [-0.1, -0.05) is 5.92 Å². The Labute approximate surface area is 231 Å². The SMILES string of the molecule is CCNC(=O)[C@H]1O[C@@H](n2cnc3c(N)nc(C#CCNCC4C5CC5CN4C(=O)OC(C)(C)C)nc32)C(O)C1O. The van der Waals surface area contributed by atoms with E-state index in [-0.39, 0.29) is 34.9 Å². The standard InChI is InChI=1S/C26H36N8O6/c1-5-29-23(37)20-18(35)19(36)24(39-20)34-12-30-17-21(27)31-16(32-22(17)34)7-6-8-28-10-15-14-9-13(14)11-33(15)25(38)40-26(2,3)4/h12-15,18-20,24,28,35-36H,5,8-11H2,1-4H3,(H,29,37)(H2,27,31,32)/t13?,14?,15?,18?,19?,20-,24+/m0/s1. The number of aliphatic hydroxyl groups is 2. The number of piperidine rings is 1. The van der Waals surface area contributed by atoms with E-state index in [1.807, 2.05) is 25.7 Å². The number of likely N-dealkylation sites (tertiary alicyclic amines) is 1. The Hall–Kier alpha value is -3.51. The first-order valence-corrected chi connectivity index (χ1v) is 13.5. The molecule has 5 rings (SSSR count). The number of hydrogen-bond donors (Lipinski definition) is 5. The molecule has 4 heterocycles. The highest BCUT2D eigenvalue weighted by Gasteiger charge is 2.54. The van der Waals surface area contributed by atoms with Gasteiger partial charge in [-0.15, -0.1) is 0 Å². The zero-order valence-electron chi connectivity index (χ0n) is 23.0. The molecule has 3 aliphatic rings. The number of nitrogen functional groups attached to an aromatic ring is 1. The maximum absolute atomic E-state index is 12.6. The molecule has 3 fully saturated rings. The van der Waals surface area contributed by atoms with E-state index < -0.39 is 36.0 Å². The zero-order valence-corrected chi connectivity index (χ0v) is 23.0. The average molecular weight is 557 g/mol. The predicted molar refractivity (Wildman–Crippen MR) is 142 cm³/mol. The van der Waals surface area contributed by atoms with Crippen molar-refractivity contribution in [1.29, 1.82) is 0 Å². The number of nitrogens with two attached hydrogens (primary N) is 1. The molecule has 216 valence electrons. The monoisotopic (exact) mass is 556 g/mol. The van der Waals surface area contributed by atoms with Crippen molar-refractivity contribution in [2.75, 3.05) is 31.9 Å². The first-order valence-electron chi connectivity index (χ1n) is 13.5. The first-order chi connectivity index (χ1) is 19.0. The number of likely N-dealkylation sites (N-methyl/N-ethyl adjacent to an activating group) is 1. The number of carbonyl (C=O) groups is 2. The van der Waals surface area contributed by atoms with E-state index in [4.69, 9.17) is 15.2 Å². The molecule has 5 unspecified atom stereocenters. The molecule has 2 aliphatic heterocycles. The summed E-state index contributed by atoms with van der Waals surface area (Å²) in [6.45, 7) is 9.32. The Bertz CT molecular complexity index is 1350. The summed E-state index contributed by atoms with van der Waals surface area (Å²) < 4.78 is 12.7. The maximum atomic E-state index is 12.6. The van der Waals surface area contributed by atoms with Gasteiger partial charge in [-0.25, -0.2) is 19.7 Å². The van der Waals surface area contributed by atoms with Gasteiger partial charge in [-0.2, -0.15) is 0 Å². The van der Waals surface area contributed by atoms with Crippen molar-refractivity contribution in [1.82, 2.24) is 35.1 Å². The molecule has 2 amide bonds. The number of nitrogens with zero attached hydrogens (tertiary/aromatic N) is 5. The van der Waals surface area contributed by atoms with E-state index >= 15 is 0 Å². The lowest BCUT2D eigenvalue weighted by Gasteiger charge is -2.30. The lowest BCUT2D eigenvalue weighted by Crippen LogP contribution is -2.46. The van der Waals surface area contributed by atoms with Crippen LogP contribution in [-0.4, -0.2) is 103 Å². The number of hydrogen-bond acceptors (Lipinski definition) is 11. The normalized spacial score (nSPS) is 29.1. The Balaban J connectivity index is 1.24. The fourth-order valence-corrected chi connectivity index (χ4v) is 5.33. The van der Waals surface area contributed by atoms with Crippen LogP contribution in [0.2, 0.25) is 0 Å². The Kier molecular flexibility index (Phi) is 7.58. The van der Waals surface area contributed by atoms with Gasteiger partial charge in [0.05, 0.1) is 18.9 Å². The summed E-state index contributed by atoms with van der Waals surface area (Å²) in [5.41, 5.74) is 6.07. The number of aliphatic hydroxyl groups excluding tert-OH is 2. The van der Waals surface area contributed by atoms with Gasteiger partial charge < -0.3 is 41.0 Å². The third kappa shape index (κ3) is 5.55. The predicted octanol–water partition coefficient (Wildman–Crippen LogP) is -0.640. The molecule has 1 aliphatic carbocycles. The van der Waals surface area contributed by atoms with Gasteiger partial charge in [0.2, 0.25) is 5.82 Å². The molecular weight excluding hydrogens is 520 g/mol. The number of imidazole rings is 1.